The molecule has 0 unspecified atom stereocenters. The Morgan fingerprint density at radius 2 is 1.00 bits per heavy atom. The van der Waals surface area contributed by atoms with Crippen molar-refractivity contribution in [1.29, 1.82) is 0 Å². The normalized spacial score (nSPS) is 16.1. The van der Waals surface area contributed by atoms with Crippen molar-refractivity contribution >= 4 is 33.0 Å². The van der Waals surface area contributed by atoms with E-state index in [4.69, 9.17) is 0 Å². The van der Waals surface area contributed by atoms with Crippen LogP contribution in [0.25, 0.3) is 0 Å². The molecule has 1 rings (SSSR count). The van der Waals surface area contributed by atoms with Gasteiger partial charge in [-0.3, -0.25) is 0 Å². The van der Waals surface area contributed by atoms with E-state index >= 15 is 0 Å². The molecule has 0 spiro atoms. The van der Waals surface area contributed by atoms with Gasteiger partial charge in [0, 0.05) is 0 Å². The summed E-state index contributed by atoms with van der Waals surface area (Å²) in [4.78, 5) is 12.0. The summed E-state index contributed by atoms with van der Waals surface area (Å²) >= 11 is 0. The molecule has 0 amide bonds. The molecule has 1 aliphatic heterocycles. The van der Waals surface area contributed by atoms with Crippen molar-refractivity contribution in [3.8, 4) is 0 Å². The third-order valence-corrected chi connectivity index (χ3v) is 34.2. The topological polar surface area (TPSA) is 23.1 Å². The summed E-state index contributed by atoms with van der Waals surface area (Å²) in [5.41, 5.74) is 0. The Kier molecular flexibility index (Phi) is 17.7. The van der Waals surface area contributed by atoms with E-state index in [0.717, 1.165) is 31.7 Å². The van der Waals surface area contributed by atoms with E-state index < -0.39 is 7.35 Å². The SMILES string of the molecule is CCCCCCCCCCCCCCCC[Si]1([O-])[Si][Si][Si]1.[Na+]. The molecule has 0 atom stereocenters. The van der Waals surface area contributed by atoms with Crippen LogP contribution in [0.2, 0.25) is 6.04 Å². The molecule has 22 heavy (non-hydrogen) atoms. The minimum atomic E-state index is -1.78. The number of unbranched alkanes of at least 4 members (excludes halogenated alkanes) is 13. The Labute approximate surface area is 169 Å². The average Bonchev–Trinajstić information content (AvgIpc) is 2.46. The number of hydrogen-bond acceptors (Lipinski definition) is 1. The first-order chi connectivity index (χ1) is 10.3. The minimum absolute atomic E-state index is 0. The van der Waals surface area contributed by atoms with Gasteiger partial charge in [-0.2, -0.15) is 0 Å². The van der Waals surface area contributed by atoms with Crippen molar-refractivity contribution in [2.24, 2.45) is 0 Å². The largest absolute Gasteiger partial charge is 1.00 e. The van der Waals surface area contributed by atoms with Crippen LogP contribution < -0.4 is 34.4 Å². The summed E-state index contributed by atoms with van der Waals surface area (Å²) in [6, 6.07) is 1.12. The van der Waals surface area contributed by atoms with Crippen molar-refractivity contribution < 1.29 is 34.4 Å². The van der Waals surface area contributed by atoms with Gasteiger partial charge in [0.05, 0.1) is 0 Å². The van der Waals surface area contributed by atoms with Crippen LogP contribution in [0.5, 0.6) is 0 Å². The zero-order chi connectivity index (χ0) is 15.2. The van der Waals surface area contributed by atoms with Crippen LogP contribution in [-0.2, 0) is 0 Å². The molecule has 0 aromatic carbocycles. The molecule has 1 aliphatic rings. The molecule has 0 aromatic rings. The summed E-state index contributed by atoms with van der Waals surface area (Å²) in [7, 11) is 1.11. The monoisotopic (exact) mass is 376 g/mol. The smallest absolute Gasteiger partial charge is 0.862 e. The van der Waals surface area contributed by atoms with Crippen LogP contribution >= 0.6 is 0 Å². The molecule has 0 saturated carbocycles. The fourth-order valence-corrected chi connectivity index (χ4v) is 24.1. The molecule has 0 N–H and O–H groups in total. The van der Waals surface area contributed by atoms with Crippen molar-refractivity contribution in [2.45, 2.75) is 103 Å². The zero-order valence-electron chi connectivity index (χ0n) is 15.0. The summed E-state index contributed by atoms with van der Waals surface area (Å²) in [5.74, 6) is 0. The van der Waals surface area contributed by atoms with Crippen LogP contribution in [0.1, 0.15) is 96.8 Å². The summed E-state index contributed by atoms with van der Waals surface area (Å²) < 4.78 is 0. The summed E-state index contributed by atoms with van der Waals surface area (Å²) in [6.45, 7) is 2.29. The molecule has 120 valence electrons. The van der Waals surface area contributed by atoms with E-state index in [1.54, 1.807) is 0 Å². The maximum atomic E-state index is 12.0. The molecular weight excluding hydrogens is 344 g/mol. The number of hydrogen-bond donors (Lipinski definition) is 0. The van der Waals surface area contributed by atoms with E-state index in [-0.39, 0.29) is 29.6 Å². The van der Waals surface area contributed by atoms with Gasteiger partial charge in [0.15, 0.2) is 0 Å². The van der Waals surface area contributed by atoms with Gasteiger partial charge in [-0.15, -0.1) is 0 Å². The first-order valence-corrected chi connectivity index (χ1v) is 18.4. The Hall–Kier alpha value is 1.83. The third-order valence-electron chi connectivity index (χ3n) is 4.41. The maximum Gasteiger partial charge on any atom is 1.00 e. The first-order valence-electron chi connectivity index (χ1n) is 9.26. The van der Waals surface area contributed by atoms with E-state index in [0.29, 0.717) is 0 Å². The number of rotatable bonds is 15. The van der Waals surface area contributed by atoms with Crippen LogP contribution in [0.15, 0.2) is 0 Å². The van der Waals surface area contributed by atoms with Gasteiger partial charge >= 0.3 is 29.6 Å². The van der Waals surface area contributed by atoms with Crippen molar-refractivity contribution in [3.05, 3.63) is 0 Å². The second-order valence-corrected chi connectivity index (χ2v) is 24.8. The Balaban J connectivity index is 0.00000441. The Bertz CT molecular complexity index is 240. The van der Waals surface area contributed by atoms with Gasteiger partial charge in [0.25, 0.3) is 0 Å². The van der Waals surface area contributed by atoms with Crippen LogP contribution in [0.4, 0.5) is 0 Å². The van der Waals surface area contributed by atoms with Crippen molar-refractivity contribution in [2.75, 3.05) is 0 Å². The van der Waals surface area contributed by atoms with Gasteiger partial charge in [-0.1, -0.05) is 110 Å². The average molecular weight is 377 g/mol. The predicted octanol–water partition coefficient (Wildman–Crippen LogP) is 0.727. The molecule has 1 fully saturated rings. The third kappa shape index (κ3) is 13.2. The van der Waals surface area contributed by atoms with Crippen molar-refractivity contribution in [3.63, 3.8) is 0 Å². The van der Waals surface area contributed by atoms with E-state index in [1.165, 1.54) is 89.9 Å². The van der Waals surface area contributed by atoms with Crippen LogP contribution in [0.3, 0.4) is 0 Å². The fourth-order valence-electron chi connectivity index (χ4n) is 2.90. The van der Waals surface area contributed by atoms with E-state index in [2.05, 4.69) is 6.92 Å². The van der Waals surface area contributed by atoms with Gasteiger partial charge in [0.1, 0.15) is 0 Å². The molecule has 1 nitrogen and oxygen atoms in total. The Morgan fingerprint density at radius 1 is 0.636 bits per heavy atom. The fraction of sp³-hybridized carbons (Fsp3) is 1.00. The molecule has 0 aromatic heterocycles. The molecule has 0 bridgehead atoms. The quantitative estimate of drug-likeness (QED) is 0.305. The predicted molar refractivity (Wildman–Crippen MR) is 98.1 cm³/mol. The molecule has 6 heteroatoms. The van der Waals surface area contributed by atoms with Gasteiger partial charge in [-0.25, -0.2) is 0 Å². The molecule has 1 heterocycles. The van der Waals surface area contributed by atoms with E-state index in [1.807, 2.05) is 0 Å². The molecular formula is C16H33NaOSi4. The second-order valence-electron chi connectivity index (χ2n) is 6.55. The van der Waals surface area contributed by atoms with Crippen LogP contribution in [0, 0.1) is 0 Å². The minimum Gasteiger partial charge on any atom is -0.862 e. The first kappa shape index (κ1) is 23.8. The van der Waals surface area contributed by atoms with Gasteiger partial charge in [0.2, 0.25) is 0 Å². The van der Waals surface area contributed by atoms with Crippen molar-refractivity contribution in [1.82, 2.24) is 0 Å². The van der Waals surface area contributed by atoms with Gasteiger partial charge < -0.3 is 4.80 Å². The second kappa shape index (κ2) is 16.3. The molecule has 0 aliphatic carbocycles. The maximum absolute atomic E-state index is 12.0. The molecule has 6 radical (unpaired) electrons. The van der Waals surface area contributed by atoms with E-state index in [9.17, 15) is 4.80 Å². The summed E-state index contributed by atoms with van der Waals surface area (Å²) in [5, 5.41) is 0. The zero-order valence-corrected chi connectivity index (χ0v) is 21.0. The Morgan fingerprint density at radius 3 is 1.32 bits per heavy atom. The van der Waals surface area contributed by atoms with Gasteiger partial charge in [-0.05, 0) is 25.7 Å². The van der Waals surface area contributed by atoms with Crippen LogP contribution in [-0.4, -0.2) is 33.0 Å². The summed E-state index contributed by atoms with van der Waals surface area (Å²) in [6.07, 6.45) is 19.8. The molecule has 1 saturated heterocycles. The standard InChI is InChI=1S/C16H33OSi4.Na/c1-2-3-4-5-6-7-8-9-10-11-12-13-14-15-16-21(17)19-18-20-21;/h2-16H2,1H3;/q-1;+1.